The molecule has 0 aromatic rings. The summed E-state index contributed by atoms with van der Waals surface area (Å²) in [5.41, 5.74) is 0. The third-order valence-electron chi connectivity index (χ3n) is 1.51. The Morgan fingerprint density at radius 2 is 0.800 bits per heavy atom. The smallest absolute Gasteiger partial charge is 0.111 e. The van der Waals surface area contributed by atoms with Crippen molar-refractivity contribution in [2.45, 2.75) is 24.4 Å². The predicted molar refractivity (Wildman–Crippen MR) is 49.0 cm³/mol. The van der Waals surface area contributed by atoms with Gasteiger partial charge >= 0.3 is 0 Å². The molecule has 0 unspecified atom stereocenters. The SMILES string of the molecule is O.O.O.OC[C@@H](O)[C@@H](O)[C@H](O)[C@@H](O)CO. The molecule has 0 spiro atoms. The van der Waals surface area contributed by atoms with Crippen LogP contribution >= 0.6 is 0 Å². The quantitative estimate of drug-likeness (QED) is 0.272. The van der Waals surface area contributed by atoms with E-state index in [2.05, 4.69) is 0 Å². The summed E-state index contributed by atoms with van der Waals surface area (Å²) in [7, 11) is 0. The van der Waals surface area contributed by atoms with Crippen LogP contribution in [0.1, 0.15) is 0 Å². The monoisotopic (exact) mass is 236 g/mol. The van der Waals surface area contributed by atoms with Crippen LogP contribution in [-0.2, 0) is 0 Å². The lowest BCUT2D eigenvalue weighted by atomic mass is 10.0. The van der Waals surface area contributed by atoms with Crippen LogP contribution in [0, 0.1) is 0 Å². The molecular weight excluding hydrogens is 216 g/mol. The van der Waals surface area contributed by atoms with Gasteiger partial charge in [-0.05, 0) is 0 Å². The molecule has 0 radical (unpaired) electrons. The molecule has 0 bridgehead atoms. The molecule has 9 heteroatoms. The first-order chi connectivity index (χ1) is 5.54. The van der Waals surface area contributed by atoms with Gasteiger partial charge in [0.1, 0.15) is 24.4 Å². The minimum absolute atomic E-state index is 0. The number of aliphatic hydroxyl groups is 6. The maximum atomic E-state index is 8.96. The van der Waals surface area contributed by atoms with E-state index in [1.54, 1.807) is 0 Å². The summed E-state index contributed by atoms with van der Waals surface area (Å²) in [4.78, 5) is 0. The zero-order valence-corrected chi connectivity index (χ0v) is 7.91. The maximum absolute atomic E-state index is 8.96. The van der Waals surface area contributed by atoms with Crippen LogP contribution in [0.2, 0.25) is 0 Å². The third-order valence-corrected chi connectivity index (χ3v) is 1.51. The van der Waals surface area contributed by atoms with Crippen LogP contribution in [0.15, 0.2) is 0 Å². The predicted octanol–water partition coefficient (Wildman–Crippen LogP) is -6.06. The minimum Gasteiger partial charge on any atom is -0.412 e. The fourth-order valence-electron chi connectivity index (χ4n) is 0.671. The summed E-state index contributed by atoms with van der Waals surface area (Å²) in [5, 5.41) is 52.2. The van der Waals surface area contributed by atoms with Crippen LogP contribution in [0.5, 0.6) is 0 Å². The lowest BCUT2D eigenvalue weighted by Gasteiger charge is -2.24. The van der Waals surface area contributed by atoms with Crippen LogP contribution in [0.4, 0.5) is 0 Å². The highest BCUT2D eigenvalue weighted by Crippen LogP contribution is 2.03. The van der Waals surface area contributed by atoms with Gasteiger partial charge in [0.05, 0.1) is 13.2 Å². The minimum atomic E-state index is -1.67. The Morgan fingerprint density at radius 3 is 0.933 bits per heavy atom. The van der Waals surface area contributed by atoms with Crippen molar-refractivity contribution in [3.8, 4) is 0 Å². The second kappa shape index (κ2) is 11.7. The van der Waals surface area contributed by atoms with Gasteiger partial charge in [0.15, 0.2) is 0 Å². The molecule has 0 aliphatic heterocycles. The zero-order chi connectivity index (χ0) is 9.72. The highest BCUT2D eigenvalue weighted by Gasteiger charge is 2.29. The van der Waals surface area contributed by atoms with Crippen LogP contribution in [-0.4, -0.2) is 84.7 Å². The molecule has 0 aliphatic carbocycles. The summed E-state index contributed by atoms with van der Waals surface area (Å²) in [6.07, 6.45) is -6.39. The van der Waals surface area contributed by atoms with Crippen LogP contribution in [0.3, 0.4) is 0 Å². The summed E-state index contributed by atoms with van der Waals surface area (Å²) < 4.78 is 0. The van der Waals surface area contributed by atoms with E-state index in [1.165, 1.54) is 0 Å². The average Bonchev–Trinajstić information content (AvgIpc) is 2.12. The van der Waals surface area contributed by atoms with E-state index in [0.717, 1.165) is 0 Å². The topological polar surface area (TPSA) is 216 Å². The fraction of sp³-hybridized carbons (Fsp3) is 1.00. The van der Waals surface area contributed by atoms with E-state index in [-0.39, 0.29) is 16.4 Å². The molecule has 0 fully saturated rings. The Kier molecular flexibility index (Phi) is 18.8. The van der Waals surface area contributed by atoms with E-state index in [0.29, 0.717) is 0 Å². The normalized spacial score (nSPS) is 17.2. The maximum Gasteiger partial charge on any atom is 0.111 e. The first kappa shape index (κ1) is 24.1. The molecule has 0 heterocycles. The molecule has 98 valence electrons. The highest BCUT2D eigenvalue weighted by molar-refractivity contribution is 4.79. The first-order valence-electron chi connectivity index (χ1n) is 3.48. The Bertz CT molecular complexity index is 107. The Hall–Kier alpha value is -0.360. The average molecular weight is 236 g/mol. The van der Waals surface area contributed by atoms with Crippen molar-refractivity contribution in [1.29, 1.82) is 0 Å². The molecule has 4 atom stereocenters. The lowest BCUT2D eigenvalue weighted by molar-refractivity contribution is -0.123. The molecule has 9 nitrogen and oxygen atoms in total. The summed E-state index contributed by atoms with van der Waals surface area (Å²) in [5.74, 6) is 0. The van der Waals surface area contributed by atoms with Crippen molar-refractivity contribution in [2.24, 2.45) is 0 Å². The van der Waals surface area contributed by atoms with Crippen molar-refractivity contribution < 1.29 is 47.1 Å². The highest BCUT2D eigenvalue weighted by atomic mass is 16.4. The Morgan fingerprint density at radius 1 is 0.600 bits per heavy atom. The van der Waals surface area contributed by atoms with Gasteiger partial charge in [-0.25, -0.2) is 0 Å². The number of rotatable bonds is 5. The number of hydrogen-bond donors (Lipinski definition) is 6. The van der Waals surface area contributed by atoms with Gasteiger partial charge in [-0.15, -0.1) is 0 Å². The molecule has 0 saturated carbocycles. The van der Waals surface area contributed by atoms with Crippen molar-refractivity contribution >= 4 is 0 Å². The van der Waals surface area contributed by atoms with Crippen molar-refractivity contribution in [2.75, 3.05) is 13.2 Å². The van der Waals surface area contributed by atoms with E-state index in [9.17, 15) is 0 Å². The van der Waals surface area contributed by atoms with Gasteiger partial charge in [0, 0.05) is 0 Å². The summed E-state index contributed by atoms with van der Waals surface area (Å²) in [6, 6.07) is 0. The van der Waals surface area contributed by atoms with Crippen LogP contribution < -0.4 is 0 Å². The van der Waals surface area contributed by atoms with E-state index in [4.69, 9.17) is 30.6 Å². The van der Waals surface area contributed by atoms with Gasteiger partial charge in [0.25, 0.3) is 0 Å². The molecular formula is C6H20O9. The largest absolute Gasteiger partial charge is 0.412 e. The number of aliphatic hydroxyl groups excluding tert-OH is 6. The van der Waals surface area contributed by atoms with Crippen molar-refractivity contribution in [3.63, 3.8) is 0 Å². The van der Waals surface area contributed by atoms with E-state index >= 15 is 0 Å². The first-order valence-corrected chi connectivity index (χ1v) is 3.48. The van der Waals surface area contributed by atoms with Gasteiger partial charge < -0.3 is 47.1 Å². The Labute approximate surface area is 85.8 Å². The van der Waals surface area contributed by atoms with Crippen molar-refractivity contribution in [1.82, 2.24) is 0 Å². The summed E-state index contributed by atoms with van der Waals surface area (Å²) in [6.45, 7) is -1.45. The third kappa shape index (κ3) is 7.56. The van der Waals surface area contributed by atoms with Crippen LogP contribution in [0.25, 0.3) is 0 Å². The molecule has 0 saturated heterocycles. The molecule has 0 rings (SSSR count). The molecule has 0 aromatic carbocycles. The van der Waals surface area contributed by atoms with E-state index in [1.807, 2.05) is 0 Å². The lowest BCUT2D eigenvalue weighted by Crippen LogP contribution is -2.46. The fourth-order valence-corrected chi connectivity index (χ4v) is 0.671. The van der Waals surface area contributed by atoms with Crippen molar-refractivity contribution in [3.05, 3.63) is 0 Å². The second-order valence-corrected chi connectivity index (χ2v) is 2.48. The Balaban J connectivity index is -0.000000202. The summed E-state index contributed by atoms with van der Waals surface area (Å²) >= 11 is 0. The zero-order valence-electron chi connectivity index (χ0n) is 7.91. The molecule has 15 heavy (non-hydrogen) atoms. The molecule has 12 N–H and O–H groups in total. The second-order valence-electron chi connectivity index (χ2n) is 2.48. The molecule has 0 aliphatic rings. The van der Waals surface area contributed by atoms with E-state index < -0.39 is 37.6 Å². The molecule has 0 amide bonds. The van der Waals surface area contributed by atoms with Gasteiger partial charge in [-0.1, -0.05) is 0 Å². The standard InChI is InChI=1S/C6H14O6.3H2O/c7-1-3(9)5(11)6(12)4(10)2-8;;;/h3-12H,1-2H2;3*1H2/t3-,4+,5-,6-;;;/m1.../s1. The molecule has 0 aromatic heterocycles. The van der Waals surface area contributed by atoms with Gasteiger partial charge in [-0.3, -0.25) is 0 Å². The van der Waals surface area contributed by atoms with Gasteiger partial charge in [0.2, 0.25) is 0 Å². The number of hydrogen-bond acceptors (Lipinski definition) is 6. The van der Waals surface area contributed by atoms with Gasteiger partial charge in [-0.2, -0.15) is 0 Å².